The fraction of sp³-hybridized carbons (Fsp3) is 0.600. The van der Waals surface area contributed by atoms with Crippen molar-refractivity contribution in [2.24, 2.45) is 0 Å². The molecule has 2 fully saturated rings. The Balaban J connectivity index is 1.41. The van der Waals surface area contributed by atoms with Crippen molar-refractivity contribution in [2.45, 2.75) is 27.7 Å². The van der Waals surface area contributed by atoms with Crippen molar-refractivity contribution >= 4 is 19.6 Å². The quantitative estimate of drug-likeness (QED) is 0.625. The Bertz CT molecular complexity index is 799. The molecule has 2 aromatic heterocycles. The summed E-state index contributed by atoms with van der Waals surface area (Å²) in [5.74, 6) is 2.56. The Labute approximate surface area is 183 Å². The lowest BCUT2D eigenvalue weighted by atomic mass is 10.2. The van der Waals surface area contributed by atoms with Crippen LogP contribution in [0.2, 0.25) is 0 Å². The predicted octanol–water partition coefficient (Wildman–Crippen LogP) is 1.17. The topological polar surface area (TPSA) is 95.0 Å². The number of aromatic nitrogens is 4. The van der Waals surface area contributed by atoms with Gasteiger partial charge in [0.15, 0.2) is 0 Å². The van der Waals surface area contributed by atoms with Gasteiger partial charge in [0.25, 0.3) is 0 Å². The number of hydrogen-bond donors (Lipinski definition) is 0. The second-order valence-electron chi connectivity index (χ2n) is 7.58. The van der Waals surface area contributed by atoms with E-state index >= 15 is 0 Å². The van der Waals surface area contributed by atoms with E-state index in [4.69, 9.17) is 18.8 Å². The molecular weight excluding hydrogens is 399 g/mol. The lowest BCUT2D eigenvalue weighted by molar-refractivity contribution is 0.122. The summed E-state index contributed by atoms with van der Waals surface area (Å²) in [7, 11) is 1.29. The molecule has 165 valence electrons. The normalized spacial score (nSPS) is 16.9. The zero-order valence-electron chi connectivity index (χ0n) is 18.6. The fourth-order valence-corrected chi connectivity index (χ4v) is 3.65. The maximum absolute atomic E-state index is 5.77. The highest BCUT2D eigenvalue weighted by atomic mass is 16.6. The van der Waals surface area contributed by atoms with E-state index in [1.807, 2.05) is 27.7 Å². The average Bonchev–Trinajstić information content (AvgIpc) is 2.78. The number of hydrogen-bond acceptors (Lipinski definition) is 10. The maximum atomic E-state index is 5.77. The van der Waals surface area contributed by atoms with Crippen LogP contribution in [0.5, 0.6) is 11.5 Å². The molecule has 2 aliphatic heterocycles. The van der Waals surface area contributed by atoms with Gasteiger partial charge in [-0.15, -0.1) is 0 Å². The molecule has 2 aliphatic rings. The smallest absolute Gasteiger partial charge is 0.524 e. The van der Waals surface area contributed by atoms with E-state index in [1.165, 1.54) is 7.69 Å². The van der Waals surface area contributed by atoms with E-state index in [2.05, 4.69) is 29.7 Å². The lowest BCUT2D eigenvalue weighted by Gasteiger charge is -2.27. The van der Waals surface area contributed by atoms with Crippen molar-refractivity contribution in [3.63, 3.8) is 0 Å². The Morgan fingerprint density at radius 3 is 1.26 bits per heavy atom. The van der Waals surface area contributed by atoms with Crippen LogP contribution in [-0.2, 0) is 9.47 Å². The molecule has 1 radical (unpaired) electrons. The van der Waals surface area contributed by atoms with Gasteiger partial charge < -0.3 is 28.6 Å². The molecule has 4 rings (SSSR count). The van der Waals surface area contributed by atoms with Crippen LogP contribution in [0.15, 0.2) is 0 Å². The molecule has 0 aliphatic carbocycles. The Morgan fingerprint density at radius 1 is 0.613 bits per heavy atom. The van der Waals surface area contributed by atoms with Gasteiger partial charge in [-0.2, -0.15) is 0 Å². The van der Waals surface area contributed by atoms with E-state index < -0.39 is 0 Å². The number of ether oxygens (including phenoxy) is 2. The van der Waals surface area contributed by atoms with E-state index in [0.717, 1.165) is 49.0 Å². The lowest BCUT2D eigenvalue weighted by Crippen LogP contribution is -2.37. The summed E-state index contributed by atoms with van der Waals surface area (Å²) in [6.07, 6.45) is 0. The molecule has 4 heterocycles. The SMILES string of the molecule is Cc1nc(N2CCOCC2)nc(C)c1O[B]Oc1c(C)nc(N2CCOCC2)nc1C. The van der Waals surface area contributed by atoms with Crippen LogP contribution in [-0.4, -0.2) is 80.2 Å². The summed E-state index contributed by atoms with van der Waals surface area (Å²) in [4.78, 5) is 22.6. The minimum Gasteiger partial charge on any atom is -0.524 e. The van der Waals surface area contributed by atoms with Crippen molar-refractivity contribution < 1.29 is 18.8 Å². The van der Waals surface area contributed by atoms with Gasteiger partial charge in [-0.3, -0.25) is 0 Å². The highest BCUT2D eigenvalue weighted by Gasteiger charge is 2.20. The third kappa shape index (κ3) is 4.99. The zero-order chi connectivity index (χ0) is 21.8. The van der Waals surface area contributed by atoms with Crippen LogP contribution in [0.25, 0.3) is 0 Å². The second kappa shape index (κ2) is 9.65. The third-order valence-electron chi connectivity index (χ3n) is 5.31. The van der Waals surface area contributed by atoms with Crippen LogP contribution in [0.3, 0.4) is 0 Å². The minimum atomic E-state index is 0.582. The van der Waals surface area contributed by atoms with Gasteiger partial charge in [0.05, 0.1) is 49.2 Å². The molecule has 2 aromatic rings. The number of nitrogens with zero attached hydrogens (tertiary/aromatic N) is 6. The van der Waals surface area contributed by atoms with Gasteiger partial charge in [-0.25, -0.2) is 19.9 Å². The molecule has 31 heavy (non-hydrogen) atoms. The first-order chi connectivity index (χ1) is 15.0. The highest BCUT2D eigenvalue weighted by molar-refractivity contribution is 6.21. The summed E-state index contributed by atoms with van der Waals surface area (Å²) >= 11 is 0. The molecule has 0 aromatic carbocycles. The van der Waals surface area contributed by atoms with Gasteiger partial charge in [0, 0.05) is 26.2 Å². The van der Waals surface area contributed by atoms with Crippen molar-refractivity contribution in [1.82, 2.24) is 19.9 Å². The molecular formula is C20H28BN6O4. The molecule has 11 heteroatoms. The Kier molecular flexibility index (Phi) is 6.72. The summed E-state index contributed by atoms with van der Waals surface area (Å²) in [6, 6.07) is 0. The molecule has 0 amide bonds. The Morgan fingerprint density at radius 2 is 0.935 bits per heavy atom. The van der Waals surface area contributed by atoms with Crippen LogP contribution in [0.4, 0.5) is 11.9 Å². The summed E-state index contributed by atoms with van der Waals surface area (Å²) < 4.78 is 22.3. The number of rotatable bonds is 6. The van der Waals surface area contributed by atoms with Crippen LogP contribution in [0.1, 0.15) is 22.8 Å². The van der Waals surface area contributed by atoms with E-state index in [0.29, 0.717) is 49.8 Å². The van der Waals surface area contributed by atoms with Crippen LogP contribution >= 0.6 is 0 Å². The van der Waals surface area contributed by atoms with Crippen molar-refractivity contribution in [1.29, 1.82) is 0 Å². The van der Waals surface area contributed by atoms with Gasteiger partial charge >= 0.3 is 7.69 Å². The first-order valence-electron chi connectivity index (χ1n) is 10.5. The molecule has 0 saturated carbocycles. The maximum Gasteiger partial charge on any atom is 0.658 e. The van der Waals surface area contributed by atoms with Gasteiger partial charge in [-0.1, -0.05) is 0 Å². The predicted molar refractivity (Wildman–Crippen MR) is 116 cm³/mol. The van der Waals surface area contributed by atoms with Gasteiger partial charge in [-0.05, 0) is 27.7 Å². The minimum absolute atomic E-state index is 0.582. The van der Waals surface area contributed by atoms with E-state index in [9.17, 15) is 0 Å². The molecule has 10 nitrogen and oxygen atoms in total. The van der Waals surface area contributed by atoms with E-state index in [-0.39, 0.29) is 0 Å². The molecule has 0 atom stereocenters. The summed E-state index contributed by atoms with van der Waals surface area (Å²) in [6.45, 7) is 13.5. The Hall–Kier alpha value is -2.66. The van der Waals surface area contributed by atoms with Crippen molar-refractivity contribution in [2.75, 3.05) is 62.4 Å². The molecule has 0 unspecified atom stereocenters. The first-order valence-corrected chi connectivity index (χ1v) is 10.5. The molecule has 0 bridgehead atoms. The fourth-order valence-electron chi connectivity index (χ4n) is 3.65. The van der Waals surface area contributed by atoms with Gasteiger partial charge in [0.1, 0.15) is 11.5 Å². The third-order valence-corrected chi connectivity index (χ3v) is 5.31. The average molecular weight is 427 g/mol. The van der Waals surface area contributed by atoms with E-state index in [1.54, 1.807) is 0 Å². The van der Waals surface area contributed by atoms with Crippen molar-refractivity contribution in [3.8, 4) is 11.5 Å². The largest absolute Gasteiger partial charge is 0.658 e. The first kappa shape index (κ1) is 21.6. The number of morpholine rings is 2. The summed E-state index contributed by atoms with van der Waals surface area (Å²) in [5.41, 5.74) is 3.00. The van der Waals surface area contributed by atoms with Crippen molar-refractivity contribution in [3.05, 3.63) is 22.8 Å². The molecule has 0 N–H and O–H groups in total. The highest BCUT2D eigenvalue weighted by Crippen LogP contribution is 2.25. The molecule has 0 spiro atoms. The second-order valence-corrected chi connectivity index (χ2v) is 7.58. The standard InChI is InChI=1S/C20H28BN6O4/c1-13-17(14(2)23-19(22-13)26-5-9-28-10-6-26)30-21-31-18-15(3)24-20(25-16(18)4)27-7-11-29-12-8-27/h5-12H2,1-4H3. The number of anilines is 2. The monoisotopic (exact) mass is 427 g/mol. The number of aryl methyl sites for hydroxylation is 4. The van der Waals surface area contributed by atoms with Crippen LogP contribution in [0, 0.1) is 27.7 Å². The van der Waals surface area contributed by atoms with Gasteiger partial charge in [0.2, 0.25) is 11.9 Å². The van der Waals surface area contributed by atoms with Crippen LogP contribution < -0.4 is 19.1 Å². The summed E-state index contributed by atoms with van der Waals surface area (Å²) in [5, 5.41) is 0. The molecule has 2 saturated heterocycles. The zero-order valence-corrected chi connectivity index (χ0v) is 18.6.